The molecule has 2 nitrogen and oxygen atoms in total. The molecule has 76 valence electrons. The zero-order valence-corrected chi connectivity index (χ0v) is 9.00. The summed E-state index contributed by atoms with van der Waals surface area (Å²) in [6.07, 6.45) is 0.577. The fourth-order valence-electron chi connectivity index (χ4n) is 1.31. The molecular weight excluding hydrogens is 174 g/mol. The van der Waals surface area contributed by atoms with Crippen molar-refractivity contribution >= 4 is 11.6 Å². The SMILES string of the molecule is Cc1cccc(NC(=O)CC(C)C)c1. The van der Waals surface area contributed by atoms with Crippen LogP contribution in [-0.2, 0) is 4.79 Å². The van der Waals surface area contributed by atoms with Gasteiger partial charge in [-0.25, -0.2) is 0 Å². The van der Waals surface area contributed by atoms with E-state index in [2.05, 4.69) is 5.32 Å². The lowest BCUT2D eigenvalue weighted by atomic mass is 10.1. The second kappa shape index (κ2) is 4.80. The average molecular weight is 191 g/mol. The van der Waals surface area contributed by atoms with Crippen molar-refractivity contribution < 1.29 is 4.79 Å². The minimum absolute atomic E-state index is 0.0885. The standard InChI is InChI=1S/C12H17NO/c1-9(2)7-12(14)13-11-6-4-5-10(3)8-11/h4-6,8-9H,7H2,1-3H3,(H,13,14). The summed E-state index contributed by atoms with van der Waals surface area (Å²) in [4.78, 5) is 11.4. The monoisotopic (exact) mass is 191 g/mol. The van der Waals surface area contributed by atoms with Gasteiger partial charge in [0.15, 0.2) is 0 Å². The number of carbonyl (C=O) groups excluding carboxylic acids is 1. The summed E-state index contributed by atoms with van der Waals surface area (Å²) in [7, 11) is 0. The van der Waals surface area contributed by atoms with Crippen molar-refractivity contribution in [1.29, 1.82) is 0 Å². The lowest BCUT2D eigenvalue weighted by molar-refractivity contribution is -0.116. The molecule has 0 aliphatic carbocycles. The first-order valence-electron chi connectivity index (χ1n) is 4.94. The molecule has 0 fully saturated rings. The molecule has 0 atom stereocenters. The third-order valence-electron chi connectivity index (χ3n) is 1.90. The first kappa shape index (κ1) is 10.8. The molecule has 1 aromatic carbocycles. The van der Waals surface area contributed by atoms with Gasteiger partial charge in [-0.15, -0.1) is 0 Å². The number of hydrogen-bond acceptors (Lipinski definition) is 1. The fourth-order valence-corrected chi connectivity index (χ4v) is 1.31. The minimum Gasteiger partial charge on any atom is -0.326 e. The van der Waals surface area contributed by atoms with Gasteiger partial charge in [0.2, 0.25) is 5.91 Å². The second-order valence-corrected chi connectivity index (χ2v) is 4.02. The molecule has 0 unspecified atom stereocenters. The van der Waals surface area contributed by atoms with Gasteiger partial charge in [-0.3, -0.25) is 4.79 Å². The first-order chi connectivity index (χ1) is 6.58. The van der Waals surface area contributed by atoms with Gasteiger partial charge in [0.25, 0.3) is 0 Å². The number of anilines is 1. The van der Waals surface area contributed by atoms with E-state index in [9.17, 15) is 4.79 Å². The molecule has 1 aromatic rings. The average Bonchev–Trinajstić information content (AvgIpc) is 2.01. The number of benzene rings is 1. The highest BCUT2D eigenvalue weighted by atomic mass is 16.1. The molecule has 0 heterocycles. The summed E-state index contributed by atoms with van der Waals surface area (Å²) in [5.41, 5.74) is 2.04. The van der Waals surface area contributed by atoms with Crippen molar-refractivity contribution in [3.05, 3.63) is 29.8 Å². The summed E-state index contributed by atoms with van der Waals surface area (Å²) in [6, 6.07) is 7.84. The van der Waals surface area contributed by atoms with Crippen molar-refractivity contribution in [2.75, 3.05) is 5.32 Å². The molecule has 1 amide bonds. The second-order valence-electron chi connectivity index (χ2n) is 4.02. The number of amides is 1. The number of aryl methyl sites for hydroxylation is 1. The number of carbonyl (C=O) groups is 1. The Morgan fingerprint density at radius 2 is 2.14 bits per heavy atom. The maximum absolute atomic E-state index is 11.4. The molecule has 0 bridgehead atoms. The van der Waals surface area contributed by atoms with E-state index in [1.807, 2.05) is 45.0 Å². The van der Waals surface area contributed by atoms with E-state index in [0.29, 0.717) is 12.3 Å². The smallest absolute Gasteiger partial charge is 0.224 e. The Kier molecular flexibility index (Phi) is 3.69. The van der Waals surface area contributed by atoms with Gasteiger partial charge in [0.1, 0.15) is 0 Å². The van der Waals surface area contributed by atoms with Gasteiger partial charge in [-0.05, 0) is 30.5 Å². The van der Waals surface area contributed by atoms with Crippen molar-refractivity contribution in [2.24, 2.45) is 5.92 Å². The van der Waals surface area contributed by atoms with Crippen LogP contribution in [0.15, 0.2) is 24.3 Å². The van der Waals surface area contributed by atoms with Gasteiger partial charge >= 0.3 is 0 Å². The Morgan fingerprint density at radius 3 is 2.71 bits per heavy atom. The summed E-state index contributed by atoms with van der Waals surface area (Å²) < 4.78 is 0. The lowest BCUT2D eigenvalue weighted by Gasteiger charge is -2.07. The third kappa shape index (κ3) is 3.60. The number of hydrogen-bond donors (Lipinski definition) is 1. The van der Waals surface area contributed by atoms with Gasteiger partial charge < -0.3 is 5.32 Å². The van der Waals surface area contributed by atoms with E-state index in [1.54, 1.807) is 0 Å². The highest BCUT2D eigenvalue weighted by molar-refractivity contribution is 5.90. The molecular formula is C12H17NO. The summed E-state index contributed by atoms with van der Waals surface area (Å²) in [5.74, 6) is 0.491. The Bertz CT molecular complexity index is 318. The van der Waals surface area contributed by atoms with E-state index in [0.717, 1.165) is 11.3 Å². The van der Waals surface area contributed by atoms with Crippen LogP contribution in [0.2, 0.25) is 0 Å². The van der Waals surface area contributed by atoms with E-state index in [1.165, 1.54) is 0 Å². The first-order valence-corrected chi connectivity index (χ1v) is 4.94. The fraction of sp³-hybridized carbons (Fsp3) is 0.417. The van der Waals surface area contributed by atoms with Crippen LogP contribution in [0.1, 0.15) is 25.8 Å². The van der Waals surface area contributed by atoms with Gasteiger partial charge in [-0.2, -0.15) is 0 Å². The molecule has 0 aromatic heterocycles. The van der Waals surface area contributed by atoms with E-state index in [-0.39, 0.29) is 5.91 Å². The molecule has 1 rings (SSSR count). The Balaban J connectivity index is 2.56. The zero-order chi connectivity index (χ0) is 10.6. The maximum Gasteiger partial charge on any atom is 0.224 e. The molecule has 1 N–H and O–H groups in total. The van der Waals surface area contributed by atoms with Crippen LogP contribution in [0.25, 0.3) is 0 Å². The third-order valence-corrected chi connectivity index (χ3v) is 1.90. The molecule has 2 heteroatoms. The van der Waals surface area contributed by atoms with Crippen molar-refractivity contribution in [1.82, 2.24) is 0 Å². The van der Waals surface area contributed by atoms with Crippen molar-refractivity contribution in [3.8, 4) is 0 Å². The topological polar surface area (TPSA) is 29.1 Å². The summed E-state index contributed by atoms with van der Waals surface area (Å²) in [5, 5.41) is 2.88. The molecule has 0 aliphatic rings. The van der Waals surface area contributed by atoms with Crippen LogP contribution in [0.5, 0.6) is 0 Å². The predicted molar refractivity (Wildman–Crippen MR) is 59.3 cm³/mol. The Hall–Kier alpha value is -1.31. The lowest BCUT2D eigenvalue weighted by Crippen LogP contribution is -2.13. The van der Waals surface area contributed by atoms with Crippen LogP contribution in [0.3, 0.4) is 0 Å². The summed E-state index contributed by atoms with van der Waals surface area (Å²) in [6.45, 7) is 6.09. The normalized spacial score (nSPS) is 10.3. The van der Waals surface area contributed by atoms with Crippen LogP contribution < -0.4 is 5.32 Å². The molecule has 0 spiro atoms. The van der Waals surface area contributed by atoms with E-state index < -0.39 is 0 Å². The van der Waals surface area contributed by atoms with Crippen molar-refractivity contribution in [3.63, 3.8) is 0 Å². The Morgan fingerprint density at radius 1 is 1.43 bits per heavy atom. The maximum atomic E-state index is 11.4. The number of rotatable bonds is 3. The highest BCUT2D eigenvalue weighted by Crippen LogP contribution is 2.10. The van der Waals surface area contributed by atoms with Crippen LogP contribution in [0, 0.1) is 12.8 Å². The molecule has 0 saturated heterocycles. The summed E-state index contributed by atoms with van der Waals surface area (Å²) >= 11 is 0. The predicted octanol–water partition coefficient (Wildman–Crippen LogP) is 2.98. The van der Waals surface area contributed by atoms with E-state index in [4.69, 9.17) is 0 Å². The van der Waals surface area contributed by atoms with Gasteiger partial charge in [0.05, 0.1) is 0 Å². The van der Waals surface area contributed by atoms with Crippen molar-refractivity contribution in [2.45, 2.75) is 27.2 Å². The zero-order valence-electron chi connectivity index (χ0n) is 9.00. The van der Waals surface area contributed by atoms with E-state index >= 15 is 0 Å². The molecule has 0 radical (unpaired) electrons. The highest BCUT2D eigenvalue weighted by Gasteiger charge is 2.04. The molecule has 0 saturated carbocycles. The quantitative estimate of drug-likeness (QED) is 0.781. The van der Waals surface area contributed by atoms with Crippen LogP contribution in [0.4, 0.5) is 5.69 Å². The van der Waals surface area contributed by atoms with Crippen LogP contribution >= 0.6 is 0 Å². The van der Waals surface area contributed by atoms with Gasteiger partial charge in [0, 0.05) is 12.1 Å². The molecule has 14 heavy (non-hydrogen) atoms. The van der Waals surface area contributed by atoms with Gasteiger partial charge in [-0.1, -0.05) is 26.0 Å². The largest absolute Gasteiger partial charge is 0.326 e. The van der Waals surface area contributed by atoms with Crippen LogP contribution in [-0.4, -0.2) is 5.91 Å². The molecule has 0 aliphatic heterocycles. The Labute approximate surface area is 85.3 Å². The number of nitrogens with one attached hydrogen (secondary N) is 1. The minimum atomic E-state index is 0.0885.